The highest BCUT2D eigenvalue weighted by molar-refractivity contribution is 9.10. The Hall–Kier alpha value is -1.10. The molecule has 1 aromatic heterocycles. The van der Waals surface area contributed by atoms with E-state index in [0.717, 1.165) is 26.1 Å². The molecule has 3 rings (SSSR count). The zero-order chi connectivity index (χ0) is 13.4. The molecular formula is C14H10BrClN2S. The molecule has 5 heteroatoms. The highest BCUT2D eigenvalue weighted by Gasteiger charge is 2.06. The summed E-state index contributed by atoms with van der Waals surface area (Å²) in [6, 6.07) is 13.9. The van der Waals surface area contributed by atoms with Crippen molar-refractivity contribution in [1.82, 2.24) is 9.55 Å². The van der Waals surface area contributed by atoms with Crippen LogP contribution in [0.3, 0.4) is 0 Å². The van der Waals surface area contributed by atoms with E-state index >= 15 is 0 Å². The van der Waals surface area contributed by atoms with E-state index in [1.807, 2.05) is 36.4 Å². The van der Waals surface area contributed by atoms with Crippen molar-refractivity contribution in [2.75, 3.05) is 0 Å². The molecule has 3 aromatic rings. The van der Waals surface area contributed by atoms with E-state index in [2.05, 4.69) is 31.5 Å². The van der Waals surface area contributed by atoms with Gasteiger partial charge in [0.1, 0.15) is 0 Å². The van der Waals surface area contributed by atoms with Gasteiger partial charge >= 0.3 is 0 Å². The van der Waals surface area contributed by atoms with Crippen molar-refractivity contribution in [2.45, 2.75) is 6.54 Å². The van der Waals surface area contributed by atoms with Crippen LogP contribution in [0.4, 0.5) is 0 Å². The van der Waals surface area contributed by atoms with Crippen LogP contribution in [0.2, 0.25) is 5.02 Å². The second kappa shape index (κ2) is 5.12. The first-order valence-electron chi connectivity index (χ1n) is 5.76. The first kappa shape index (κ1) is 12.9. The molecule has 1 heterocycles. The van der Waals surface area contributed by atoms with Gasteiger partial charge in [0.05, 0.1) is 17.6 Å². The molecule has 0 aliphatic rings. The number of hydrogen-bond acceptors (Lipinski definition) is 1. The average Bonchev–Trinajstić information content (AvgIpc) is 2.66. The fraction of sp³-hybridized carbons (Fsp3) is 0.0714. The summed E-state index contributed by atoms with van der Waals surface area (Å²) >= 11 is 14.9. The Balaban J connectivity index is 2.12. The number of nitrogens with one attached hydrogen (secondary N) is 1. The fourth-order valence-electron chi connectivity index (χ4n) is 2.10. The third kappa shape index (κ3) is 2.61. The minimum Gasteiger partial charge on any atom is -0.331 e. The van der Waals surface area contributed by atoms with Crippen LogP contribution in [0.25, 0.3) is 11.0 Å². The highest BCUT2D eigenvalue weighted by Crippen LogP contribution is 2.21. The Morgan fingerprint density at radius 2 is 2.05 bits per heavy atom. The van der Waals surface area contributed by atoms with Crippen LogP contribution in [-0.4, -0.2) is 9.55 Å². The van der Waals surface area contributed by atoms with Crippen LogP contribution in [0, 0.1) is 4.77 Å². The lowest BCUT2D eigenvalue weighted by Crippen LogP contribution is -1.99. The van der Waals surface area contributed by atoms with E-state index in [1.165, 1.54) is 0 Å². The molecule has 0 aliphatic carbocycles. The molecule has 0 radical (unpaired) electrons. The molecule has 2 nitrogen and oxygen atoms in total. The number of aromatic nitrogens is 2. The lowest BCUT2D eigenvalue weighted by Gasteiger charge is -2.05. The van der Waals surface area contributed by atoms with E-state index < -0.39 is 0 Å². The van der Waals surface area contributed by atoms with Gasteiger partial charge in [-0.1, -0.05) is 39.7 Å². The molecule has 0 unspecified atom stereocenters. The number of halogens is 2. The van der Waals surface area contributed by atoms with E-state index in [4.69, 9.17) is 23.8 Å². The minimum absolute atomic E-state index is 0.704. The second-order valence-corrected chi connectivity index (χ2v) is 6.05. The Morgan fingerprint density at radius 1 is 1.21 bits per heavy atom. The van der Waals surface area contributed by atoms with E-state index in [-0.39, 0.29) is 0 Å². The van der Waals surface area contributed by atoms with Crippen molar-refractivity contribution < 1.29 is 0 Å². The maximum Gasteiger partial charge on any atom is 0.178 e. The number of benzene rings is 2. The number of imidazole rings is 1. The molecule has 0 saturated carbocycles. The Kier molecular flexibility index (Phi) is 3.48. The molecule has 1 N–H and O–H groups in total. The molecule has 0 aliphatic heterocycles. The summed E-state index contributed by atoms with van der Waals surface area (Å²) in [4.78, 5) is 3.21. The minimum atomic E-state index is 0.704. The first-order chi connectivity index (χ1) is 9.13. The van der Waals surface area contributed by atoms with Crippen molar-refractivity contribution in [1.29, 1.82) is 0 Å². The molecule has 96 valence electrons. The molecule has 0 bridgehead atoms. The highest BCUT2D eigenvalue weighted by atomic mass is 79.9. The molecule has 2 aromatic carbocycles. The summed E-state index contributed by atoms with van der Waals surface area (Å²) in [5.41, 5.74) is 3.25. The topological polar surface area (TPSA) is 20.7 Å². The quantitative estimate of drug-likeness (QED) is 0.631. The summed E-state index contributed by atoms with van der Waals surface area (Å²) in [6.45, 7) is 0.704. The van der Waals surface area contributed by atoms with Gasteiger partial charge < -0.3 is 9.55 Å². The average molecular weight is 354 g/mol. The van der Waals surface area contributed by atoms with Crippen molar-refractivity contribution in [3.05, 3.63) is 62.3 Å². The van der Waals surface area contributed by atoms with Gasteiger partial charge in [-0.3, -0.25) is 0 Å². The zero-order valence-corrected chi connectivity index (χ0v) is 13.0. The van der Waals surface area contributed by atoms with Gasteiger partial charge in [0, 0.05) is 9.50 Å². The Labute approximate surface area is 129 Å². The molecule has 0 fully saturated rings. The van der Waals surface area contributed by atoms with Gasteiger partial charge in [0.25, 0.3) is 0 Å². The predicted octanol–water partition coefficient (Wildman–Crippen LogP) is 5.16. The number of fused-ring (bicyclic) bond motifs is 1. The third-order valence-electron chi connectivity index (χ3n) is 2.97. The van der Waals surface area contributed by atoms with Crippen molar-refractivity contribution in [3.63, 3.8) is 0 Å². The van der Waals surface area contributed by atoms with E-state index in [1.54, 1.807) is 0 Å². The Bertz CT molecular complexity index is 807. The lowest BCUT2D eigenvalue weighted by molar-refractivity contribution is 0.810. The monoisotopic (exact) mass is 352 g/mol. The van der Waals surface area contributed by atoms with Gasteiger partial charge in [-0.2, -0.15) is 0 Å². The van der Waals surface area contributed by atoms with Crippen LogP contribution in [0.5, 0.6) is 0 Å². The van der Waals surface area contributed by atoms with Crippen LogP contribution in [-0.2, 0) is 6.54 Å². The number of rotatable bonds is 2. The standard InChI is InChI=1S/C14H10BrClN2S/c15-10-4-5-12-13(7-10)18(14(19)17-12)8-9-2-1-3-11(16)6-9/h1-7H,8H2,(H,17,19). The predicted molar refractivity (Wildman–Crippen MR) is 85.4 cm³/mol. The first-order valence-corrected chi connectivity index (χ1v) is 7.34. The molecule has 0 spiro atoms. The summed E-state index contributed by atoms with van der Waals surface area (Å²) < 4.78 is 3.82. The molecule has 0 saturated heterocycles. The maximum atomic E-state index is 6.02. The van der Waals surface area contributed by atoms with Crippen LogP contribution in [0.15, 0.2) is 46.9 Å². The third-order valence-corrected chi connectivity index (χ3v) is 4.02. The molecule has 0 atom stereocenters. The van der Waals surface area contributed by atoms with Crippen LogP contribution in [0.1, 0.15) is 5.56 Å². The second-order valence-electron chi connectivity index (χ2n) is 4.31. The summed E-state index contributed by atoms with van der Waals surface area (Å²) in [5, 5.41) is 0.741. The Morgan fingerprint density at radius 3 is 2.84 bits per heavy atom. The van der Waals surface area contributed by atoms with Gasteiger partial charge in [-0.25, -0.2) is 0 Å². The zero-order valence-electron chi connectivity index (χ0n) is 9.86. The summed E-state index contributed by atoms with van der Waals surface area (Å²) in [5.74, 6) is 0. The van der Waals surface area contributed by atoms with Crippen LogP contribution >= 0.6 is 39.7 Å². The number of hydrogen-bond donors (Lipinski definition) is 1. The van der Waals surface area contributed by atoms with E-state index in [0.29, 0.717) is 11.3 Å². The molecular weight excluding hydrogens is 344 g/mol. The number of aromatic amines is 1. The molecule has 19 heavy (non-hydrogen) atoms. The van der Waals surface area contributed by atoms with Crippen molar-refractivity contribution in [2.24, 2.45) is 0 Å². The van der Waals surface area contributed by atoms with Gasteiger partial charge in [-0.05, 0) is 48.1 Å². The summed E-state index contributed by atoms with van der Waals surface area (Å²) in [7, 11) is 0. The normalized spacial score (nSPS) is 11.1. The van der Waals surface area contributed by atoms with Gasteiger partial charge in [0.15, 0.2) is 4.77 Å². The lowest BCUT2D eigenvalue weighted by atomic mass is 10.2. The van der Waals surface area contributed by atoms with Gasteiger partial charge in [0.2, 0.25) is 0 Å². The van der Waals surface area contributed by atoms with Gasteiger partial charge in [-0.15, -0.1) is 0 Å². The number of nitrogens with zero attached hydrogens (tertiary/aromatic N) is 1. The van der Waals surface area contributed by atoms with Crippen molar-refractivity contribution in [3.8, 4) is 0 Å². The largest absolute Gasteiger partial charge is 0.331 e. The smallest absolute Gasteiger partial charge is 0.178 e. The number of H-pyrrole nitrogens is 1. The fourth-order valence-corrected chi connectivity index (χ4v) is 2.94. The SMILES string of the molecule is S=c1[nH]c2ccc(Br)cc2n1Cc1cccc(Cl)c1. The maximum absolute atomic E-state index is 6.02. The molecule has 0 amide bonds. The van der Waals surface area contributed by atoms with E-state index in [9.17, 15) is 0 Å². The van der Waals surface area contributed by atoms with Crippen molar-refractivity contribution >= 4 is 50.8 Å². The summed E-state index contributed by atoms with van der Waals surface area (Å²) in [6.07, 6.45) is 0. The van der Waals surface area contributed by atoms with Crippen LogP contribution < -0.4 is 0 Å².